The van der Waals surface area contributed by atoms with Crippen LogP contribution in [-0.4, -0.2) is 60.7 Å². The molecule has 1 amide bonds. The maximum Gasteiger partial charge on any atom is 0.222 e. The zero-order chi connectivity index (χ0) is 24.6. The Balaban J connectivity index is 1.25. The quantitative estimate of drug-likeness (QED) is 0.658. The topological polar surface area (TPSA) is 68.2 Å². The van der Waals surface area contributed by atoms with Crippen molar-refractivity contribution < 1.29 is 24.1 Å². The molecule has 2 saturated heterocycles. The largest absolute Gasteiger partial charge is 0.488 e. The van der Waals surface area contributed by atoms with Crippen LogP contribution in [0.3, 0.4) is 0 Å². The highest BCUT2D eigenvalue weighted by molar-refractivity contribution is 5.76. The van der Waals surface area contributed by atoms with Gasteiger partial charge in [-0.1, -0.05) is 39.0 Å². The van der Waals surface area contributed by atoms with Gasteiger partial charge in [-0.2, -0.15) is 0 Å². The summed E-state index contributed by atoms with van der Waals surface area (Å²) in [6.07, 6.45) is 5.54. The summed E-state index contributed by atoms with van der Waals surface area (Å²) >= 11 is 0. The number of piperidine rings is 1. The van der Waals surface area contributed by atoms with Crippen molar-refractivity contribution in [3.63, 3.8) is 0 Å². The molecule has 0 spiro atoms. The van der Waals surface area contributed by atoms with Crippen LogP contribution in [0, 0.1) is 28.6 Å². The second-order valence-corrected chi connectivity index (χ2v) is 12.1. The van der Waals surface area contributed by atoms with Gasteiger partial charge >= 0.3 is 0 Å². The number of fused-ring (bicyclic) bond motifs is 3. The minimum absolute atomic E-state index is 0.00925. The number of amides is 1. The number of likely N-dealkylation sites (tertiary alicyclic amines) is 1. The summed E-state index contributed by atoms with van der Waals surface area (Å²) in [5.74, 6) is 2.09. The molecule has 0 unspecified atom stereocenters. The van der Waals surface area contributed by atoms with Crippen LogP contribution < -0.4 is 4.74 Å². The summed E-state index contributed by atoms with van der Waals surface area (Å²) in [7, 11) is 0. The molecular weight excluding hydrogens is 442 g/mol. The van der Waals surface area contributed by atoms with E-state index in [1.165, 1.54) is 0 Å². The molecule has 0 radical (unpaired) electrons. The fourth-order valence-electron chi connectivity index (χ4n) is 7.63. The van der Waals surface area contributed by atoms with E-state index in [0.717, 1.165) is 57.4 Å². The lowest BCUT2D eigenvalue weighted by molar-refractivity contribution is -0.313. The van der Waals surface area contributed by atoms with Gasteiger partial charge in [0.05, 0.1) is 18.8 Å². The highest BCUT2D eigenvalue weighted by atomic mass is 16.7. The van der Waals surface area contributed by atoms with Gasteiger partial charge in [0.1, 0.15) is 12.4 Å². The molecule has 2 aliphatic heterocycles. The van der Waals surface area contributed by atoms with Crippen molar-refractivity contribution in [2.24, 2.45) is 28.6 Å². The van der Waals surface area contributed by atoms with E-state index in [4.69, 9.17) is 14.2 Å². The van der Waals surface area contributed by atoms with Crippen molar-refractivity contribution in [3.8, 4) is 5.75 Å². The van der Waals surface area contributed by atoms with E-state index in [1.807, 2.05) is 35.2 Å². The summed E-state index contributed by atoms with van der Waals surface area (Å²) in [5.41, 5.74) is -0.222. The van der Waals surface area contributed by atoms with Gasteiger partial charge in [-0.05, 0) is 73.8 Å². The Bertz CT molecular complexity index is 871. The van der Waals surface area contributed by atoms with Crippen LogP contribution in [0.1, 0.15) is 65.7 Å². The van der Waals surface area contributed by atoms with Gasteiger partial charge in [0.2, 0.25) is 5.91 Å². The summed E-state index contributed by atoms with van der Waals surface area (Å²) in [6.45, 7) is 9.61. The van der Waals surface area contributed by atoms with Gasteiger partial charge in [0, 0.05) is 24.9 Å². The lowest BCUT2D eigenvalue weighted by atomic mass is 9.46. The highest BCUT2D eigenvalue weighted by Gasteiger charge is 2.61. The number of benzene rings is 1. The molecule has 1 aromatic carbocycles. The number of aliphatic hydroxyl groups excluding tert-OH is 1. The zero-order valence-electron chi connectivity index (χ0n) is 21.7. The highest BCUT2D eigenvalue weighted by Crippen LogP contribution is 2.62. The first-order valence-electron chi connectivity index (χ1n) is 13.7. The third kappa shape index (κ3) is 4.86. The average Bonchev–Trinajstić information content (AvgIpc) is 2.86. The first-order chi connectivity index (χ1) is 16.8. The Morgan fingerprint density at radius 1 is 1.09 bits per heavy atom. The SMILES string of the molecule is CC1CCN(C(=O)C[C@@H]2[C@H](O)CC[C@@H]3[C@]4(C)CO[C@@H](COc5ccccc5)O[C@@H]4CC[C@]32C)CC1. The number of aliphatic hydroxyl groups is 1. The molecule has 1 N–H and O–H groups in total. The number of para-hydroxylation sites is 1. The Morgan fingerprint density at radius 3 is 2.57 bits per heavy atom. The predicted molar refractivity (Wildman–Crippen MR) is 134 cm³/mol. The number of ether oxygens (including phenoxy) is 3. The van der Waals surface area contributed by atoms with Crippen molar-refractivity contribution in [1.29, 1.82) is 0 Å². The average molecular weight is 486 g/mol. The van der Waals surface area contributed by atoms with Crippen LogP contribution >= 0.6 is 0 Å². The molecule has 4 fully saturated rings. The summed E-state index contributed by atoms with van der Waals surface area (Å²) < 4.78 is 18.6. The molecular formula is C29H43NO5. The van der Waals surface area contributed by atoms with E-state index in [9.17, 15) is 9.90 Å². The molecule has 35 heavy (non-hydrogen) atoms. The number of rotatable bonds is 5. The molecule has 5 rings (SSSR count). The smallest absolute Gasteiger partial charge is 0.222 e. The van der Waals surface area contributed by atoms with Crippen molar-refractivity contribution in [2.45, 2.75) is 84.2 Å². The van der Waals surface area contributed by atoms with Crippen LogP contribution in [-0.2, 0) is 14.3 Å². The molecule has 1 aromatic rings. The molecule has 6 nitrogen and oxygen atoms in total. The Hall–Kier alpha value is -1.63. The molecule has 0 aromatic heterocycles. The molecule has 6 heteroatoms. The minimum Gasteiger partial charge on any atom is -0.488 e. The number of carbonyl (C=O) groups is 1. The molecule has 7 atom stereocenters. The van der Waals surface area contributed by atoms with Gasteiger partial charge in [0.15, 0.2) is 6.29 Å². The van der Waals surface area contributed by atoms with E-state index in [2.05, 4.69) is 20.8 Å². The zero-order valence-corrected chi connectivity index (χ0v) is 21.7. The van der Waals surface area contributed by atoms with Crippen LogP contribution in [0.25, 0.3) is 0 Å². The molecule has 0 bridgehead atoms. The van der Waals surface area contributed by atoms with Crippen molar-refractivity contribution in [2.75, 3.05) is 26.3 Å². The monoisotopic (exact) mass is 485 g/mol. The molecule has 2 saturated carbocycles. The van der Waals surface area contributed by atoms with E-state index < -0.39 is 6.10 Å². The van der Waals surface area contributed by atoms with Crippen LogP contribution in [0.15, 0.2) is 30.3 Å². The first-order valence-corrected chi connectivity index (χ1v) is 13.7. The number of nitrogens with zero attached hydrogens (tertiary/aromatic N) is 1. The normalized spacial score (nSPS) is 40.0. The maximum atomic E-state index is 13.3. The van der Waals surface area contributed by atoms with Gasteiger partial charge in [0.25, 0.3) is 0 Å². The summed E-state index contributed by atoms with van der Waals surface area (Å²) in [5, 5.41) is 11.1. The Kier molecular flexibility index (Phi) is 7.17. The fourth-order valence-corrected chi connectivity index (χ4v) is 7.63. The van der Waals surface area contributed by atoms with E-state index in [1.54, 1.807) is 0 Å². The second-order valence-electron chi connectivity index (χ2n) is 12.1. The van der Waals surface area contributed by atoms with Crippen LogP contribution in [0.2, 0.25) is 0 Å². The predicted octanol–water partition coefficient (Wildman–Crippen LogP) is 4.65. The van der Waals surface area contributed by atoms with Crippen molar-refractivity contribution in [3.05, 3.63) is 30.3 Å². The van der Waals surface area contributed by atoms with Crippen molar-refractivity contribution in [1.82, 2.24) is 4.90 Å². The third-order valence-corrected chi connectivity index (χ3v) is 9.89. The standard InChI is InChI=1S/C29H43NO5/c1-20-12-15-30(16-13-20)26(32)17-22-23(31)9-10-24-28(22,2)14-11-25-29(24,3)19-34-27(35-25)18-33-21-7-5-4-6-8-21/h4-8,20,22-25,27,31H,9-19H2,1-3H3/t22-,23-,24+,25-,27-,28+,29+/m1/s1. The van der Waals surface area contributed by atoms with Gasteiger partial charge in [-0.3, -0.25) is 4.79 Å². The molecule has 4 aliphatic rings. The van der Waals surface area contributed by atoms with Crippen molar-refractivity contribution >= 4 is 5.91 Å². The van der Waals surface area contributed by atoms with Gasteiger partial charge in [-0.15, -0.1) is 0 Å². The van der Waals surface area contributed by atoms with Crippen LogP contribution in [0.4, 0.5) is 0 Å². The Labute approximate surface area is 210 Å². The summed E-state index contributed by atoms with van der Waals surface area (Å²) in [6, 6.07) is 9.78. The molecule has 2 heterocycles. The van der Waals surface area contributed by atoms with E-state index >= 15 is 0 Å². The van der Waals surface area contributed by atoms with Gasteiger partial charge in [-0.25, -0.2) is 0 Å². The van der Waals surface area contributed by atoms with E-state index in [0.29, 0.717) is 31.5 Å². The number of hydrogen-bond donors (Lipinski definition) is 1. The maximum absolute atomic E-state index is 13.3. The third-order valence-electron chi connectivity index (χ3n) is 9.89. The molecule has 194 valence electrons. The van der Waals surface area contributed by atoms with Gasteiger partial charge < -0.3 is 24.2 Å². The molecule has 2 aliphatic carbocycles. The van der Waals surface area contributed by atoms with Crippen LogP contribution in [0.5, 0.6) is 5.75 Å². The first kappa shape index (κ1) is 25.0. The number of carbonyl (C=O) groups excluding carboxylic acids is 1. The number of hydrogen-bond acceptors (Lipinski definition) is 5. The fraction of sp³-hybridized carbons (Fsp3) is 0.759. The second kappa shape index (κ2) is 10.0. The lowest BCUT2D eigenvalue weighted by Gasteiger charge is -2.63. The van der Waals surface area contributed by atoms with E-state index in [-0.39, 0.29) is 35.0 Å². The Morgan fingerprint density at radius 2 is 1.83 bits per heavy atom. The summed E-state index contributed by atoms with van der Waals surface area (Å²) in [4.78, 5) is 15.3. The lowest BCUT2D eigenvalue weighted by Crippen LogP contribution is -2.63. The minimum atomic E-state index is -0.415.